The molecule has 0 aromatic heterocycles. The van der Waals surface area contributed by atoms with Crippen molar-refractivity contribution in [3.63, 3.8) is 0 Å². The van der Waals surface area contributed by atoms with Gasteiger partial charge in [0.25, 0.3) is 0 Å². The van der Waals surface area contributed by atoms with Crippen LogP contribution in [0.3, 0.4) is 0 Å². The first kappa shape index (κ1) is 37.2. The van der Waals surface area contributed by atoms with Gasteiger partial charge >= 0.3 is 5.97 Å². The average molecular weight is 646 g/mol. The van der Waals surface area contributed by atoms with Crippen molar-refractivity contribution < 1.29 is 24.2 Å². The van der Waals surface area contributed by atoms with Gasteiger partial charge in [0.05, 0.1) is 36.1 Å². The number of carbonyl (C=O) groups excluding carboxylic acids is 3. The maximum Gasteiger partial charge on any atom is 0.312 e. The summed E-state index contributed by atoms with van der Waals surface area (Å²) in [6.45, 7) is 13.1. The zero-order valence-corrected chi connectivity index (χ0v) is 30.1. The number of esters is 1. The van der Waals surface area contributed by atoms with E-state index in [0.29, 0.717) is 43.2 Å². The van der Waals surface area contributed by atoms with E-state index in [-0.39, 0.29) is 29.4 Å². The predicted molar refractivity (Wildman–Crippen MR) is 183 cm³/mol. The molecule has 1 saturated heterocycles. The smallest absolute Gasteiger partial charge is 0.312 e. The zero-order valence-electron chi connectivity index (χ0n) is 30.1. The molecule has 0 aromatic carbocycles. The molecule has 0 bridgehead atoms. The number of hydrogen-bond acceptors (Lipinski definition) is 6. The molecule has 1 heterocycles. The van der Waals surface area contributed by atoms with Gasteiger partial charge in [0.15, 0.2) is 0 Å². The molecule has 0 spiro atoms. The fourth-order valence-corrected chi connectivity index (χ4v) is 8.63. The van der Waals surface area contributed by atoms with Crippen LogP contribution in [0.5, 0.6) is 0 Å². The predicted octanol–water partition coefficient (Wildman–Crippen LogP) is 6.38. The van der Waals surface area contributed by atoms with Gasteiger partial charge in [0.2, 0.25) is 11.8 Å². The number of piperidine rings is 1. The van der Waals surface area contributed by atoms with E-state index in [4.69, 9.17) is 4.74 Å². The number of β-amino-alcohol motifs (C(OH)–C–C–N with tert-alkyl or cyclic N) is 1. The highest BCUT2D eigenvalue weighted by molar-refractivity contribution is 5.87. The minimum absolute atomic E-state index is 0.0405. The monoisotopic (exact) mass is 646 g/mol. The molecule has 8 heteroatoms. The van der Waals surface area contributed by atoms with Crippen LogP contribution in [0.1, 0.15) is 144 Å². The second-order valence-corrected chi connectivity index (χ2v) is 17.2. The molecule has 4 fully saturated rings. The standard InChI is InChI=1S/C38H67N3O5/c1-26(38(5,6)36(45)46-25-28-17-11-8-12-18-28)34(43)39-31(21-27-15-9-7-10-16-27)33(42)24-41-23-30-20-14-13-19-29(30)22-32(41)35(44)40-37(2,3)4/h26-33,42H,7-25H2,1-6H3,(H,39,43)(H,40,44)/t26-,29+,30-,31+,32-,33-/m1/s1. The Morgan fingerprint density at radius 2 is 1.39 bits per heavy atom. The Morgan fingerprint density at radius 1 is 0.826 bits per heavy atom. The summed E-state index contributed by atoms with van der Waals surface area (Å²) in [5, 5.41) is 18.4. The fourth-order valence-electron chi connectivity index (χ4n) is 8.63. The van der Waals surface area contributed by atoms with Crippen LogP contribution in [0.25, 0.3) is 0 Å². The summed E-state index contributed by atoms with van der Waals surface area (Å²) in [6.07, 6.45) is 17.2. The average Bonchev–Trinajstić information content (AvgIpc) is 3.02. The summed E-state index contributed by atoms with van der Waals surface area (Å²) in [7, 11) is 0. The summed E-state index contributed by atoms with van der Waals surface area (Å²) in [5.41, 5.74) is -1.32. The number of nitrogens with zero attached hydrogens (tertiary/aromatic N) is 1. The minimum atomic E-state index is -0.988. The molecular formula is C38H67N3O5. The largest absolute Gasteiger partial charge is 0.465 e. The number of aliphatic hydroxyl groups excluding tert-OH is 1. The maximum absolute atomic E-state index is 13.9. The second kappa shape index (κ2) is 16.6. The molecule has 46 heavy (non-hydrogen) atoms. The Morgan fingerprint density at radius 3 is 2.00 bits per heavy atom. The van der Waals surface area contributed by atoms with Crippen molar-refractivity contribution in [1.82, 2.24) is 15.5 Å². The van der Waals surface area contributed by atoms with Crippen molar-refractivity contribution in [3.8, 4) is 0 Å². The lowest BCUT2D eigenvalue weighted by Crippen LogP contribution is -2.60. The van der Waals surface area contributed by atoms with Gasteiger partial charge in [0.1, 0.15) is 0 Å². The first-order valence-corrected chi connectivity index (χ1v) is 19.0. The van der Waals surface area contributed by atoms with Crippen LogP contribution in [0.2, 0.25) is 0 Å². The van der Waals surface area contributed by atoms with Crippen LogP contribution in [0, 0.1) is 35.0 Å². The van der Waals surface area contributed by atoms with E-state index in [1.165, 1.54) is 64.2 Å². The topological polar surface area (TPSA) is 108 Å². The molecule has 0 unspecified atom stereocenters. The first-order valence-electron chi connectivity index (χ1n) is 19.0. The summed E-state index contributed by atoms with van der Waals surface area (Å²) < 4.78 is 5.79. The van der Waals surface area contributed by atoms with E-state index in [0.717, 1.165) is 38.6 Å². The Balaban J connectivity index is 1.45. The first-order chi connectivity index (χ1) is 21.7. The quantitative estimate of drug-likeness (QED) is 0.213. The number of likely N-dealkylation sites (tertiary alicyclic amines) is 1. The van der Waals surface area contributed by atoms with Crippen molar-refractivity contribution >= 4 is 17.8 Å². The van der Waals surface area contributed by atoms with Gasteiger partial charge in [-0.1, -0.05) is 77.6 Å². The van der Waals surface area contributed by atoms with Gasteiger partial charge in [-0.2, -0.15) is 0 Å². The van der Waals surface area contributed by atoms with Crippen LogP contribution < -0.4 is 10.6 Å². The molecule has 8 nitrogen and oxygen atoms in total. The van der Waals surface area contributed by atoms with Crippen LogP contribution in [-0.2, 0) is 19.1 Å². The number of hydrogen-bond donors (Lipinski definition) is 3. The Labute approximate surface area is 279 Å². The lowest BCUT2D eigenvalue weighted by molar-refractivity contribution is -0.161. The van der Waals surface area contributed by atoms with Crippen LogP contribution in [0.15, 0.2) is 0 Å². The summed E-state index contributed by atoms with van der Waals surface area (Å²) in [5.74, 6) is 0.847. The minimum Gasteiger partial charge on any atom is -0.465 e. The van der Waals surface area contributed by atoms with Gasteiger partial charge in [-0.05, 0) is 90.4 Å². The molecule has 6 atom stereocenters. The van der Waals surface area contributed by atoms with Crippen LogP contribution in [-0.4, -0.2) is 71.2 Å². The normalized spacial score (nSPS) is 27.6. The van der Waals surface area contributed by atoms with E-state index in [1.807, 2.05) is 27.7 Å². The highest BCUT2D eigenvalue weighted by atomic mass is 16.5. The molecule has 0 aromatic rings. The Kier molecular flexibility index (Phi) is 13.4. The summed E-state index contributed by atoms with van der Waals surface area (Å²) in [4.78, 5) is 43.0. The van der Waals surface area contributed by atoms with Crippen LogP contribution >= 0.6 is 0 Å². The highest BCUT2D eigenvalue weighted by Crippen LogP contribution is 2.39. The third-order valence-electron chi connectivity index (χ3n) is 12.0. The van der Waals surface area contributed by atoms with E-state index in [9.17, 15) is 19.5 Å². The lowest BCUT2D eigenvalue weighted by atomic mass is 9.72. The molecule has 4 aliphatic rings. The number of carbonyl (C=O) groups is 3. The van der Waals surface area contributed by atoms with Crippen LogP contribution in [0.4, 0.5) is 0 Å². The summed E-state index contributed by atoms with van der Waals surface area (Å²) >= 11 is 0. The van der Waals surface area contributed by atoms with Crippen molar-refractivity contribution in [2.24, 2.45) is 35.0 Å². The van der Waals surface area contributed by atoms with E-state index in [1.54, 1.807) is 13.8 Å². The number of amides is 2. The molecule has 3 saturated carbocycles. The van der Waals surface area contributed by atoms with Gasteiger partial charge in [-0.3, -0.25) is 19.3 Å². The molecule has 1 aliphatic heterocycles. The van der Waals surface area contributed by atoms with Crippen molar-refractivity contribution in [2.75, 3.05) is 19.7 Å². The molecule has 3 aliphatic carbocycles. The fraction of sp³-hybridized carbons (Fsp3) is 0.921. The second-order valence-electron chi connectivity index (χ2n) is 17.2. The lowest BCUT2D eigenvalue weighted by Gasteiger charge is -2.47. The molecule has 2 amide bonds. The maximum atomic E-state index is 13.9. The number of fused-ring (bicyclic) bond motifs is 1. The summed E-state index contributed by atoms with van der Waals surface area (Å²) in [6, 6.07) is -0.724. The van der Waals surface area contributed by atoms with E-state index < -0.39 is 23.5 Å². The molecule has 3 N–H and O–H groups in total. The molecule has 0 radical (unpaired) electrons. The van der Waals surface area contributed by atoms with E-state index in [2.05, 4.69) is 15.5 Å². The highest BCUT2D eigenvalue weighted by Gasteiger charge is 2.44. The van der Waals surface area contributed by atoms with Crippen molar-refractivity contribution in [3.05, 3.63) is 0 Å². The third kappa shape index (κ3) is 10.4. The Bertz CT molecular complexity index is 997. The third-order valence-corrected chi connectivity index (χ3v) is 12.0. The van der Waals surface area contributed by atoms with Gasteiger partial charge < -0.3 is 20.5 Å². The zero-order chi connectivity index (χ0) is 33.5. The van der Waals surface area contributed by atoms with E-state index >= 15 is 0 Å². The van der Waals surface area contributed by atoms with Gasteiger partial charge in [0, 0.05) is 18.6 Å². The number of rotatable bonds is 12. The molecule has 4 rings (SSSR count). The van der Waals surface area contributed by atoms with Crippen molar-refractivity contribution in [2.45, 2.75) is 168 Å². The Hall–Kier alpha value is -1.67. The molecule has 264 valence electrons. The van der Waals surface area contributed by atoms with Gasteiger partial charge in [-0.25, -0.2) is 0 Å². The molecular weight excluding hydrogens is 578 g/mol. The number of aliphatic hydroxyl groups is 1. The number of nitrogens with one attached hydrogen (secondary N) is 2. The van der Waals surface area contributed by atoms with Crippen molar-refractivity contribution in [1.29, 1.82) is 0 Å². The SMILES string of the molecule is C[C@H](C(=O)N[C@@H](CC1CCCCC1)[C@H](O)CN1C[C@H]2CCCC[C@H]2C[C@@H]1C(=O)NC(C)(C)C)C(C)(C)C(=O)OCC1CCCCC1. The van der Waals surface area contributed by atoms with Gasteiger partial charge in [-0.15, -0.1) is 0 Å². The number of ether oxygens (including phenoxy) is 1.